The molecule has 0 amide bonds. The quantitative estimate of drug-likeness (QED) is 0.343. The molecule has 1 aliphatic carbocycles. The molecule has 0 saturated heterocycles. The molecule has 0 spiro atoms. The number of methoxy groups -OCH3 is 1. The molecule has 0 atom stereocenters. The summed E-state index contributed by atoms with van der Waals surface area (Å²) in [4.78, 5) is 12.8. The van der Waals surface area contributed by atoms with Crippen molar-refractivity contribution < 1.29 is 30.8 Å². The van der Waals surface area contributed by atoms with Gasteiger partial charge in [-0.1, -0.05) is 17.0 Å². The first-order valence-electron chi connectivity index (χ1n) is 11.9. The minimum atomic E-state index is -4.01. The maximum Gasteiger partial charge on any atom is 0.263 e. The fraction of sp³-hybridized carbons (Fsp3) is 0.259. The normalized spacial score (nSPS) is 15.5. The summed E-state index contributed by atoms with van der Waals surface area (Å²) in [6.07, 6.45) is 1.18. The van der Waals surface area contributed by atoms with Crippen LogP contribution < -0.4 is 15.0 Å². The van der Waals surface area contributed by atoms with Gasteiger partial charge < -0.3 is 9.26 Å². The molecule has 1 saturated carbocycles. The number of aromatic nitrogens is 2. The Kier molecular flexibility index (Phi) is 6.86. The number of rotatable bonds is 5. The number of sulfonamides is 1. The van der Waals surface area contributed by atoms with E-state index < -0.39 is 27.3 Å². The molecule has 0 radical (unpaired) electrons. The molecule has 1 fully saturated rings. The fourth-order valence-electron chi connectivity index (χ4n) is 4.44. The second-order valence-corrected chi connectivity index (χ2v) is 10.8. The Morgan fingerprint density at radius 2 is 1.90 bits per heavy atom. The lowest BCUT2D eigenvalue weighted by atomic mass is 9.87. The standard InChI is InChI=1S/C27H22F3N3O5S/c1-37-24-15-18(3-2-17-8-11-27(29,30)12-9-17)21(28)16-23(24)33-22-6-5-20(14-19(22)4-7-26(33)34)39(35,36)32-25-10-13-38-31-25/h4-7,10,13-17H,8-9,11-12H2,1H3,(H,31,32). The van der Waals surface area contributed by atoms with Crippen molar-refractivity contribution in [3.8, 4) is 23.3 Å². The van der Waals surface area contributed by atoms with Crippen LogP contribution in [0.1, 0.15) is 31.2 Å². The molecular formula is C27H22F3N3O5S. The van der Waals surface area contributed by atoms with Crippen LogP contribution in [0.5, 0.6) is 5.75 Å². The van der Waals surface area contributed by atoms with Crippen LogP contribution in [0.4, 0.5) is 19.0 Å². The summed E-state index contributed by atoms with van der Waals surface area (Å²) in [6, 6.07) is 10.6. The number of nitrogens with one attached hydrogen (secondary N) is 1. The Balaban J connectivity index is 1.52. The second kappa shape index (κ2) is 10.1. The summed E-state index contributed by atoms with van der Waals surface area (Å²) in [5.41, 5.74) is -0.0978. The van der Waals surface area contributed by atoms with Gasteiger partial charge >= 0.3 is 0 Å². The van der Waals surface area contributed by atoms with E-state index in [0.29, 0.717) is 10.9 Å². The molecule has 2 aromatic heterocycles. The Morgan fingerprint density at radius 3 is 2.59 bits per heavy atom. The average Bonchev–Trinajstić information content (AvgIpc) is 3.40. The Hall–Kier alpha value is -4.24. The lowest BCUT2D eigenvalue weighted by molar-refractivity contribution is -0.0402. The number of alkyl halides is 2. The van der Waals surface area contributed by atoms with Crippen molar-refractivity contribution in [2.24, 2.45) is 5.92 Å². The van der Waals surface area contributed by atoms with Gasteiger partial charge in [0.2, 0.25) is 5.92 Å². The number of nitrogens with zero attached hydrogens (tertiary/aromatic N) is 2. The van der Waals surface area contributed by atoms with Crippen molar-refractivity contribution >= 4 is 26.7 Å². The molecular weight excluding hydrogens is 535 g/mol. The predicted octanol–water partition coefficient (Wildman–Crippen LogP) is 5.10. The molecule has 1 aliphatic rings. The summed E-state index contributed by atoms with van der Waals surface area (Å²) in [5, 5.41) is 3.92. The molecule has 8 nitrogen and oxygen atoms in total. The van der Waals surface area contributed by atoms with Gasteiger partial charge in [0.25, 0.3) is 15.6 Å². The SMILES string of the molecule is COc1cc(C#CC2CCC(F)(F)CC2)c(F)cc1-n1c(=O)ccc2cc(S(=O)(=O)Nc3ccon3)ccc21. The number of ether oxygens (including phenoxy) is 1. The zero-order valence-corrected chi connectivity index (χ0v) is 21.4. The highest BCUT2D eigenvalue weighted by Crippen LogP contribution is 2.36. The van der Waals surface area contributed by atoms with E-state index in [2.05, 4.69) is 26.2 Å². The maximum atomic E-state index is 15.2. The smallest absolute Gasteiger partial charge is 0.263 e. The number of benzene rings is 2. The monoisotopic (exact) mass is 557 g/mol. The summed E-state index contributed by atoms with van der Waals surface area (Å²) in [6.45, 7) is 0. The third-order valence-electron chi connectivity index (χ3n) is 6.49. The van der Waals surface area contributed by atoms with Crippen LogP contribution in [-0.2, 0) is 10.0 Å². The van der Waals surface area contributed by atoms with Crippen LogP contribution in [0.15, 0.2) is 69.0 Å². The van der Waals surface area contributed by atoms with Gasteiger partial charge in [0.1, 0.15) is 17.8 Å². The molecule has 2 aromatic carbocycles. The molecule has 202 valence electrons. The summed E-state index contributed by atoms with van der Waals surface area (Å²) in [7, 11) is -2.66. The van der Waals surface area contributed by atoms with Gasteiger partial charge in [0, 0.05) is 48.4 Å². The number of halogens is 3. The van der Waals surface area contributed by atoms with Crippen LogP contribution in [-0.4, -0.2) is 31.2 Å². The van der Waals surface area contributed by atoms with Gasteiger partial charge in [-0.15, -0.1) is 0 Å². The van der Waals surface area contributed by atoms with Crippen LogP contribution in [0.2, 0.25) is 0 Å². The highest BCUT2D eigenvalue weighted by Gasteiger charge is 2.34. The largest absolute Gasteiger partial charge is 0.495 e. The second-order valence-electron chi connectivity index (χ2n) is 9.12. The summed E-state index contributed by atoms with van der Waals surface area (Å²) < 4.78 is 81.1. The van der Waals surface area contributed by atoms with Crippen LogP contribution >= 0.6 is 0 Å². The van der Waals surface area contributed by atoms with Crippen molar-refractivity contribution in [3.63, 3.8) is 0 Å². The highest BCUT2D eigenvalue weighted by molar-refractivity contribution is 7.92. The predicted molar refractivity (Wildman–Crippen MR) is 137 cm³/mol. The van der Waals surface area contributed by atoms with E-state index in [1.54, 1.807) is 0 Å². The van der Waals surface area contributed by atoms with E-state index in [1.807, 2.05) is 0 Å². The van der Waals surface area contributed by atoms with E-state index in [1.165, 1.54) is 60.4 Å². The van der Waals surface area contributed by atoms with Crippen molar-refractivity contribution in [1.29, 1.82) is 0 Å². The minimum Gasteiger partial charge on any atom is -0.495 e. The van der Waals surface area contributed by atoms with Gasteiger partial charge in [-0.25, -0.2) is 21.6 Å². The number of fused-ring (bicyclic) bond motifs is 1. The molecule has 5 rings (SSSR count). The Labute approximate surface area is 221 Å². The maximum absolute atomic E-state index is 15.2. The molecule has 39 heavy (non-hydrogen) atoms. The summed E-state index contributed by atoms with van der Waals surface area (Å²) in [5.74, 6) is 2.10. The van der Waals surface area contributed by atoms with E-state index in [4.69, 9.17) is 4.74 Å². The van der Waals surface area contributed by atoms with E-state index in [9.17, 15) is 22.0 Å². The minimum absolute atomic E-state index is 0.00453. The topological polar surface area (TPSA) is 103 Å². The first kappa shape index (κ1) is 26.4. The lowest BCUT2D eigenvalue weighted by Crippen LogP contribution is -2.23. The van der Waals surface area contributed by atoms with E-state index in [0.717, 1.165) is 6.07 Å². The van der Waals surface area contributed by atoms with E-state index in [-0.39, 0.29) is 59.3 Å². The Morgan fingerprint density at radius 1 is 1.13 bits per heavy atom. The zero-order chi connectivity index (χ0) is 27.8. The van der Waals surface area contributed by atoms with Crippen molar-refractivity contribution in [1.82, 2.24) is 9.72 Å². The van der Waals surface area contributed by atoms with Gasteiger partial charge in [-0.2, -0.15) is 0 Å². The summed E-state index contributed by atoms with van der Waals surface area (Å²) >= 11 is 0. The third kappa shape index (κ3) is 5.49. The third-order valence-corrected chi connectivity index (χ3v) is 7.84. The molecule has 0 unspecified atom stereocenters. The number of anilines is 1. The molecule has 0 bridgehead atoms. The number of hydrogen-bond acceptors (Lipinski definition) is 6. The zero-order valence-electron chi connectivity index (χ0n) is 20.6. The number of hydrogen-bond donors (Lipinski definition) is 1. The molecule has 4 aromatic rings. The fourth-order valence-corrected chi connectivity index (χ4v) is 5.47. The van der Waals surface area contributed by atoms with Gasteiger partial charge in [-0.05, 0) is 37.1 Å². The van der Waals surface area contributed by atoms with E-state index >= 15 is 4.39 Å². The van der Waals surface area contributed by atoms with Crippen molar-refractivity contribution in [2.45, 2.75) is 36.5 Å². The van der Waals surface area contributed by atoms with Gasteiger partial charge in [-0.3, -0.25) is 14.1 Å². The highest BCUT2D eigenvalue weighted by atomic mass is 32.2. The van der Waals surface area contributed by atoms with Crippen LogP contribution in [0.25, 0.3) is 16.6 Å². The molecule has 12 heteroatoms. The lowest BCUT2D eigenvalue weighted by Gasteiger charge is -2.24. The van der Waals surface area contributed by atoms with Crippen molar-refractivity contribution in [3.05, 3.63) is 76.5 Å². The van der Waals surface area contributed by atoms with Crippen LogP contribution in [0.3, 0.4) is 0 Å². The number of pyridine rings is 1. The molecule has 2 heterocycles. The molecule has 1 N–H and O–H groups in total. The average molecular weight is 558 g/mol. The Bertz CT molecular complexity index is 1760. The van der Waals surface area contributed by atoms with Gasteiger partial charge in [0.05, 0.1) is 28.8 Å². The van der Waals surface area contributed by atoms with Crippen molar-refractivity contribution in [2.75, 3.05) is 11.8 Å². The van der Waals surface area contributed by atoms with Gasteiger partial charge in [0.15, 0.2) is 5.82 Å². The van der Waals surface area contributed by atoms with Crippen LogP contribution in [0, 0.1) is 23.6 Å². The first-order valence-corrected chi connectivity index (χ1v) is 13.4. The first-order chi connectivity index (χ1) is 18.6. The molecule has 0 aliphatic heterocycles.